The van der Waals surface area contributed by atoms with Crippen LogP contribution >= 0.6 is 0 Å². The van der Waals surface area contributed by atoms with Gasteiger partial charge in [0.05, 0.1) is 6.04 Å². The maximum Gasteiger partial charge on any atom is 0.410 e. The molecule has 2 aromatic rings. The number of carbonyl (C=O) groups excluding carboxylic acids is 1. The SMILES string of the molecule is CN(C)c1cccc(C2CCCCN2)c1.CN(C)c1cccc(C2CCCCN2C(=O)OC(C)(C)C)c1. The van der Waals surface area contributed by atoms with Gasteiger partial charge in [-0.2, -0.15) is 0 Å². The zero-order valence-electron chi connectivity index (χ0n) is 24.1. The van der Waals surface area contributed by atoms with E-state index in [9.17, 15) is 4.79 Å². The minimum Gasteiger partial charge on any atom is -0.444 e. The molecular weight excluding hydrogens is 460 g/mol. The zero-order chi connectivity index (χ0) is 27.0. The number of piperidine rings is 2. The fourth-order valence-electron chi connectivity index (χ4n) is 4.98. The van der Waals surface area contributed by atoms with E-state index in [-0.39, 0.29) is 12.1 Å². The highest BCUT2D eigenvalue weighted by Gasteiger charge is 2.31. The number of hydrogen-bond acceptors (Lipinski definition) is 5. The Balaban J connectivity index is 0.000000220. The van der Waals surface area contributed by atoms with Crippen LogP contribution in [0.25, 0.3) is 0 Å². The van der Waals surface area contributed by atoms with Crippen molar-refractivity contribution in [1.82, 2.24) is 10.2 Å². The number of nitrogens with one attached hydrogen (secondary N) is 1. The molecule has 2 aliphatic heterocycles. The average Bonchev–Trinajstić information content (AvgIpc) is 2.89. The van der Waals surface area contributed by atoms with Crippen LogP contribution in [0.3, 0.4) is 0 Å². The highest BCUT2D eigenvalue weighted by molar-refractivity contribution is 5.69. The summed E-state index contributed by atoms with van der Waals surface area (Å²) in [6.45, 7) is 7.67. The first-order valence-corrected chi connectivity index (χ1v) is 13.8. The van der Waals surface area contributed by atoms with Gasteiger partial charge in [0.1, 0.15) is 5.60 Å². The number of rotatable bonds is 4. The Hall–Kier alpha value is -2.73. The Morgan fingerprint density at radius 3 is 2.03 bits per heavy atom. The van der Waals surface area contributed by atoms with Crippen LogP contribution in [0.4, 0.5) is 16.2 Å². The van der Waals surface area contributed by atoms with Crippen molar-refractivity contribution < 1.29 is 9.53 Å². The molecule has 0 radical (unpaired) electrons. The fraction of sp³-hybridized carbons (Fsp3) is 0.581. The summed E-state index contributed by atoms with van der Waals surface area (Å²) in [7, 11) is 8.25. The topological polar surface area (TPSA) is 48.0 Å². The van der Waals surface area contributed by atoms with Gasteiger partial charge >= 0.3 is 6.09 Å². The second-order valence-corrected chi connectivity index (χ2v) is 11.7. The Bertz CT molecular complexity index is 993. The summed E-state index contributed by atoms with van der Waals surface area (Å²) in [5.74, 6) is 0. The van der Waals surface area contributed by atoms with Crippen molar-refractivity contribution in [3.63, 3.8) is 0 Å². The van der Waals surface area contributed by atoms with Crippen LogP contribution < -0.4 is 15.1 Å². The van der Waals surface area contributed by atoms with Crippen LogP contribution in [0.5, 0.6) is 0 Å². The first-order valence-electron chi connectivity index (χ1n) is 13.8. The standard InChI is InChI=1S/C18H28N2O2.C13H20N2/c1-18(2,3)22-17(21)20-12-7-6-11-16(20)14-9-8-10-15(13-14)19(4)5;1-15(2)12-7-5-6-11(10-12)13-8-3-4-9-14-13/h8-10,13,16H,6-7,11-12H2,1-5H3;5-7,10,13-14H,3-4,8-9H2,1-2H3. The number of benzene rings is 2. The van der Waals surface area contributed by atoms with Crippen molar-refractivity contribution in [3.05, 3.63) is 59.7 Å². The lowest BCUT2D eigenvalue weighted by Crippen LogP contribution is -2.41. The predicted octanol–water partition coefficient (Wildman–Crippen LogP) is 6.78. The highest BCUT2D eigenvalue weighted by atomic mass is 16.6. The molecule has 2 aliphatic rings. The summed E-state index contributed by atoms with van der Waals surface area (Å²) in [5.41, 5.74) is 4.62. The van der Waals surface area contributed by atoms with Crippen molar-refractivity contribution in [3.8, 4) is 0 Å². The van der Waals surface area contributed by atoms with Gasteiger partial charge in [0.2, 0.25) is 0 Å². The van der Waals surface area contributed by atoms with E-state index >= 15 is 0 Å². The molecule has 1 amide bonds. The molecule has 2 saturated heterocycles. The van der Waals surface area contributed by atoms with Crippen LogP contribution in [0.2, 0.25) is 0 Å². The van der Waals surface area contributed by atoms with Gasteiger partial charge in [0.15, 0.2) is 0 Å². The van der Waals surface area contributed by atoms with Crippen LogP contribution in [0.15, 0.2) is 48.5 Å². The summed E-state index contributed by atoms with van der Waals surface area (Å²) in [6, 6.07) is 18.0. The van der Waals surface area contributed by atoms with Gasteiger partial charge < -0.3 is 24.8 Å². The molecule has 2 fully saturated rings. The Kier molecular flexibility index (Phi) is 10.3. The van der Waals surface area contributed by atoms with Gasteiger partial charge in [-0.15, -0.1) is 0 Å². The lowest BCUT2D eigenvalue weighted by Gasteiger charge is -2.37. The molecule has 0 aliphatic carbocycles. The minimum absolute atomic E-state index is 0.114. The molecule has 2 atom stereocenters. The van der Waals surface area contributed by atoms with Crippen LogP contribution in [-0.2, 0) is 4.74 Å². The first kappa shape index (κ1) is 28.8. The van der Waals surface area contributed by atoms with Crippen molar-refractivity contribution >= 4 is 17.5 Å². The third kappa shape index (κ3) is 8.67. The predicted molar refractivity (Wildman–Crippen MR) is 156 cm³/mol. The van der Waals surface area contributed by atoms with E-state index in [0.717, 1.165) is 38.0 Å². The van der Waals surface area contributed by atoms with Gasteiger partial charge in [-0.05, 0) is 94.8 Å². The normalized spacial score (nSPS) is 19.9. The van der Waals surface area contributed by atoms with Crippen molar-refractivity contribution in [1.29, 1.82) is 0 Å². The molecule has 0 bridgehead atoms. The van der Waals surface area contributed by atoms with Crippen LogP contribution in [0.1, 0.15) is 82.5 Å². The number of anilines is 2. The van der Waals surface area contributed by atoms with Gasteiger partial charge in [0, 0.05) is 52.2 Å². The number of amides is 1. The molecule has 6 nitrogen and oxygen atoms in total. The summed E-state index contributed by atoms with van der Waals surface area (Å²) in [4.78, 5) is 18.6. The van der Waals surface area contributed by atoms with Crippen molar-refractivity contribution in [2.75, 3.05) is 51.1 Å². The molecule has 2 unspecified atom stereocenters. The van der Waals surface area contributed by atoms with E-state index in [1.165, 1.54) is 36.1 Å². The van der Waals surface area contributed by atoms with Crippen molar-refractivity contribution in [2.24, 2.45) is 0 Å². The Morgan fingerprint density at radius 2 is 1.46 bits per heavy atom. The summed E-state index contributed by atoms with van der Waals surface area (Å²) in [5, 5.41) is 3.58. The molecule has 2 heterocycles. The minimum atomic E-state index is -0.454. The molecule has 4 rings (SSSR count). The average molecular weight is 509 g/mol. The van der Waals surface area contributed by atoms with Gasteiger partial charge in [-0.25, -0.2) is 4.79 Å². The maximum absolute atomic E-state index is 12.5. The fourth-order valence-corrected chi connectivity index (χ4v) is 4.98. The van der Waals surface area contributed by atoms with E-state index in [0.29, 0.717) is 6.04 Å². The Morgan fingerprint density at radius 1 is 0.865 bits per heavy atom. The lowest BCUT2D eigenvalue weighted by atomic mass is 9.95. The Labute approximate surface area is 225 Å². The van der Waals surface area contributed by atoms with Crippen molar-refractivity contribution in [2.45, 2.75) is 77.0 Å². The highest BCUT2D eigenvalue weighted by Crippen LogP contribution is 2.33. The second kappa shape index (κ2) is 13.2. The molecule has 0 saturated carbocycles. The number of ether oxygens (including phenoxy) is 1. The molecular formula is C31H48N4O2. The molecule has 0 spiro atoms. The molecule has 1 N–H and O–H groups in total. The van der Waals surface area contributed by atoms with Gasteiger partial charge in [-0.1, -0.05) is 30.7 Å². The largest absolute Gasteiger partial charge is 0.444 e. The van der Waals surface area contributed by atoms with E-state index < -0.39 is 5.60 Å². The third-order valence-corrected chi connectivity index (χ3v) is 7.00. The molecule has 0 aromatic heterocycles. The monoisotopic (exact) mass is 508 g/mol. The first-order chi connectivity index (χ1) is 17.5. The second-order valence-electron chi connectivity index (χ2n) is 11.7. The summed E-state index contributed by atoms with van der Waals surface area (Å²) in [6.07, 6.45) is 6.94. The number of likely N-dealkylation sites (tertiary alicyclic amines) is 1. The van der Waals surface area contributed by atoms with E-state index in [1.807, 2.05) is 39.8 Å². The quantitative estimate of drug-likeness (QED) is 0.493. The third-order valence-electron chi connectivity index (χ3n) is 7.00. The number of carbonyl (C=O) groups is 1. The molecule has 204 valence electrons. The van der Waals surface area contributed by atoms with Gasteiger partial charge in [-0.3, -0.25) is 0 Å². The summed E-state index contributed by atoms with van der Waals surface area (Å²) >= 11 is 0. The molecule has 6 heteroatoms. The summed E-state index contributed by atoms with van der Waals surface area (Å²) < 4.78 is 5.58. The van der Waals surface area contributed by atoms with Crippen LogP contribution in [-0.4, -0.2) is 57.9 Å². The smallest absolute Gasteiger partial charge is 0.410 e. The lowest BCUT2D eigenvalue weighted by molar-refractivity contribution is 0.00951. The maximum atomic E-state index is 12.5. The van der Waals surface area contributed by atoms with E-state index in [4.69, 9.17) is 4.74 Å². The van der Waals surface area contributed by atoms with E-state index in [2.05, 4.69) is 77.7 Å². The molecule has 37 heavy (non-hydrogen) atoms. The van der Waals surface area contributed by atoms with Gasteiger partial charge in [0.25, 0.3) is 0 Å². The number of hydrogen-bond donors (Lipinski definition) is 1. The zero-order valence-corrected chi connectivity index (χ0v) is 24.1. The molecule has 2 aromatic carbocycles. The van der Waals surface area contributed by atoms with Crippen LogP contribution in [0, 0.1) is 0 Å². The number of nitrogens with zero attached hydrogens (tertiary/aromatic N) is 3. The van der Waals surface area contributed by atoms with E-state index in [1.54, 1.807) is 0 Å².